The van der Waals surface area contributed by atoms with E-state index in [4.69, 9.17) is 23.2 Å². The molecule has 0 atom stereocenters. The van der Waals surface area contributed by atoms with Crippen molar-refractivity contribution in [2.24, 2.45) is 5.41 Å². The van der Waals surface area contributed by atoms with Gasteiger partial charge in [0.1, 0.15) is 5.75 Å². The minimum atomic E-state index is -0.236. The van der Waals surface area contributed by atoms with E-state index >= 15 is 0 Å². The highest BCUT2D eigenvalue weighted by atomic mass is 35.5. The van der Waals surface area contributed by atoms with E-state index in [1.807, 2.05) is 0 Å². The van der Waals surface area contributed by atoms with Gasteiger partial charge in [-0.3, -0.25) is 4.79 Å². The van der Waals surface area contributed by atoms with Crippen LogP contribution in [0.2, 0.25) is 10.0 Å². The van der Waals surface area contributed by atoms with Crippen molar-refractivity contribution in [1.29, 1.82) is 0 Å². The van der Waals surface area contributed by atoms with Gasteiger partial charge in [-0.2, -0.15) is 0 Å². The Labute approximate surface area is 116 Å². The van der Waals surface area contributed by atoms with E-state index < -0.39 is 0 Å². The molecule has 5 heteroatoms. The van der Waals surface area contributed by atoms with Crippen LogP contribution >= 0.6 is 23.2 Å². The van der Waals surface area contributed by atoms with E-state index in [2.05, 4.69) is 13.8 Å². The van der Waals surface area contributed by atoms with Gasteiger partial charge in [-0.15, -0.1) is 0 Å². The molecule has 0 unspecified atom stereocenters. The summed E-state index contributed by atoms with van der Waals surface area (Å²) in [5, 5.41) is 10.3. The van der Waals surface area contributed by atoms with Gasteiger partial charge < -0.3 is 10.0 Å². The molecule has 18 heavy (non-hydrogen) atoms. The van der Waals surface area contributed by atoms with E-state index in [0.717, 1.165) is 6.42 Å². The average Bonchev–Trinajstić information content (AvgIpc) is 2.57. The molecule has 1 N–H and O–H groups in total. The highest BCUT2D eigenvalue weighted by Gasteiger charge is 2.34. The first kappa shape index (κ1) is 13.5. The maximum absolute atomic E-state index is 12.3. The monoisotopic (exact) mass is 287 g/mol. The Bertz CT molecular complexity index is 477. The summed E-state index contributed by atoms with van der Waals surface area (Å²) in [7, 11) is 0. The topological polar surface area (TPSA) is 40.5 Å². The van der Waals surface area contributed by atoms with Gasteiger partial charge in [0.25, 0.3) is 5.91 Å². The Hall–Kier alpha value is -0.930. The van der Waals surface area contributed by atoms with E-state index in [1.165, 1.54) is 12.1 Å². The third-order valence-electron chi connectivity index (χ3n) is 3.21. The summed E-state index contributed by atoms with van der Waals surface area (Å²) in [6, 6.07) is 2.80. The van der Waals surface area contributed by atoms with Gasteiger partial charge in [-0.05, 0) is 24.0 Å². The number of hydrogen-bond acceptors (Lipinski definition) is 2. The Morgan fingerprint density at radius 2 is 2.06 bits per heavy atom. The maximum Gasteiger partial charge on any atom is 0.259 e. The SMILES string of the molecule is CC1(C)CCN(C(=O)c2c(O)cc(Cl)cc2Cl)C1. The molecule has 1 saturated heterocycles. The fourth-order valence-corrected chi connectivity index (χ4v) is 2.78. The summed E-state index contributed by atoms with van der Waals surface area (Å²) in [5.74, 6) is -0.401. The van der Waals surface area contributed by atoms with Crippen LogP contribution in [0.4, 0.5) is 0 Å². The number of halogens is 2. The van der Waals surface area contributed by atoms with Gasteiger partial charge in [-0.1, -0.05) is 37.0 Å². The van der Waals surface area contributed by atoms with Crippen molar-refractivity contribution >= 4 is 29.1 Å². The summed E-state index contributed by atoms with van der Waals surface area (Å²) in [5.41, 5.74) is 0.253. The molecule has 1 fully saturated rings. The van der Waals surface area contributed by atoms with Crippen LogP contribution in [0.15, 0.2) is 12.1 Å². The predicted molar refractivity (Wildman–Crippen MR) is 72.4 cm³/mol. The summed E-state index contributed by atoms with van der Waals surface area (Å²) >= 11 is 11.7. The minimum absolute atomic E-state index is 0.115. The summed E-state index contributed by atoms with van der Waals surface area (Å²) in [6.45, 7) is 5.58. The lowest BCUT2D eigenvalue weighted by Gasteiger charge is -2.20. The number of phenolic OH excluding ortho intramolecular Hbond substituents is 1. The fourth-order valence-electron chi connectivity index (χ4n) is 2.22. The summed E-state index contributed by atoms with van der Waals surface area (Å²) in [4.78, 5) is 14.0. The smallest absolute Gasteiger partial charge is 0.259 e. The van der Waals surface area contributed by atoms with Gasteiger partial charge in [0, 0.05) is 18.1 Å². The van der Waals surface area contributed by atoms with Gasteiger partial charge in [0.2, 0.25) is 0 Å². The molecule has 1 aromatic rings. The van der Waals surface area contributed by atoms with Gasteiger partial charge >= 0.3 is 0 Å². The van der Waals surface area contributed by atoms with Crippen molar-refractivity contribution in [2.75, 3.05) is 13.1 Å². The quantitative estimate of drug-likeness (QED) is 0.858. The lowest BCUT2D eigenvalue weighted by molar-refractivity contribution is 0.0775. The van der Waals surface area contributed by atoms with Gasteiger partial charge in [0.05, 0.1) is 10.6 Å². The first-order chi connectivity index (χ1) is 8.30. The molecule has 0 bridgehead atoms. The van der Waals surface area contributed by atoms with Crippen LogP contribution in [0.5, 0.6) is 5.75 Å². The normalized spacial score (nSPS) is 18.1. The zero-order valence-electron chi connectivity index (χ0n) is 10.3. The number of rotatable bonds is 1. The Morgan fingerprint density at radius 3 is 2.56 bits per heavy atom. The first-order valence-corrected chi connectivity index (χ1v) is 6.53. The largest absolute Gasteiger partial charge is 0.507 e. The number of carbonyl (C=O) groups excluding carboxylic acids is 1. The predicted octanol–water partition coefficient (Wildman–Crippen LogP) is 3.57. The maximum atomic E-state index is 12.3. The summed E-state index contributed by atoms with van der Waals surface area (Å²) in [6.07, 6.45) is 0.949. The number of aromatic hydroxyl groups is 1. The highest BCUT2D eigenvalue weighted by Crippen LogP contribution is 2.34. The highest BCUT2D eigenvalue weighted by molar-refractivity contribution is 6.37. The molecule has 0 spiro atoms. The van der Waals surface area contributed by atoms with Crippen LogP contribution in [0, 0.1) is 5.41 Å². The van der Waals surface area contributed by atoms with E-state index in [9.17, 15) is 9.90 Å². The lowest BCUT2D eigenvalue weighted by atomic mass is 9.93. The van der Waals surface area contributed by atoms with Crippen LogP contribution in [0.1, 0.15) is 30.6 Å². The van der Waals surface area contributed by atoms with Crippen molar-refractivity contribution in [3.8, 4) is 5.75 Å². The molecule has 2 rings (SSSR count). The standard InChI is InChI=1S/C13H15Cl2NO2/c1-13(2)3-4-16(7-13)12(18)11-9(15)5-8(14)6-10(11)17/h5-6,17H,3-4,7H2,1-2H3. The third-order valence-corrected chi connectivity index (χ3v) is 3.73. The molecular formula is C13H15Cl2NO2. The molecule has 3 nitrogen and oxygen atoms in total. The Morgan fingerprint density at radius 1 is 1.39 bits per heavy atom. The van der Waals surface area contributed by atoms with Crippen molar-refractivity contribution in [1.82, 2.24) is 4.90 Å². The average molecular weight is 288 g/mol. The van der Waals surface area contributed by atoms with Crippen LogP contribution < -0.4 is 0 Å². The van der Waals surface area contributed by atoms with Crippen molar-refractivity contribution in [3.63, 3.8) is 0 Å². The Kier molecular flexibility index (Phi) is 3.47. The number of amides is 1. The zero-order chi connectivity index (χ0) is 13.5. The molecule has 0 saturated carbocycles. The van der Waals surface area contributed by atoms with Crippen LogP contribution in [0.3, 0.4) is 0 Å². The van der Waals surface area contributed by atoms with E-state index in [1.54, 1.807) is 4.90 Å². The molecule has 0 aliphatic carbocycles. The lowest BCUT2D eigenvalue weighted by Crippen LogP contribution is -2.30. The molecule has 1 aliphatic rings. The van der Waals surface area contributed by atoms with Crippen LogP contribution in [-0.4, -0.2) is 29.0 Å². The number of hydrogen-bond donors (Lipinski definition) is 1. The third kappa shape index (κ3) is 2.57. The molecule has 0 aromatic heterocycles. The van der Waals surface area contributed by atoms with Crippen molar-refractivity contribution in [3.05, 3.63) is 27.7 Å². The number of carbonyl (C=O) groups is 1. The van der Waals surface area contributed by atoms with E-state index in [-0.39, 0.29) is 27.7 Å². The van der Waals surface area contributed by atoms with Crippen LogP contribution in [0.25, 0.3) is 0 Å². The first-order valence-electron chi connectivity index (χ1n) is 5.77. The summed E-state index contributed by atoms with van der Waals surface area (Å²) < 4.78 is 0. The van der Waals surface area contributed by atoms with Crippen LogP contribution in [-0.2, 0) is 0 Å². The number of nitrogens with zero attached hydrogens (tertiary/aromatic N) is 1. The van der Waals surface area contributed by atoms with Gasteiger partial charge in [-0.25, -0.2) is 0 Å². The second kappa shape index (κ2) is 4.63. The molecule has 1 heterocycles. The van der Waals surface area contributed by atoms with Crippen molar-refractivity contribution in [2.45, 2.75) is 20.3 Å². The molecule has 0 radical (unpaired) electrons. The Balaban J connectivity index is 2.30. The number of benzene rings is 1. The number of phenols is 1. The number of likely N-dealkylation sites (tertiary alicyclic amines) is 1. The second-order valence-corrected chi connectivity index (χ2v) is 6.27. The molecular weight excluding hydrogens is 273 g/mol. The van der Waals surface area contributed by atoms with Gasteiger partial charge in [0.15, 0.2) is 0 Å². The van der Waals surface area contributed by atoms with E-state index in [0.29, 0.717) is 18.1 Å². The molecule has 1 aliphatic heterocycles. The zero-order valence-corrected chi connectivity index (χ0v) is 11.8. The molecule has 98 valence electrons. The minimum Gasteiger partial charge on any atom is -0.507 e. The van der Waals surface area contributed by atoms with Crippen molar-refractivity contribution < 1.29 is 9.90 Å². The second-order valence-electron chi connectivity index (χ2n) is 5.42. The molecule has 1 amide bonds. The fraction of sp³-hybridized carbons (Fsp3) is 0.462. The molecule has 1 aromatic carbocycles.